The molecule has 1 saturated heterocycles. The topological polar surface area (TPSA) is 32.8 Å². The summed E-state index contributed by atoms with van der Waals surface area (Å²) in [7, 11) is 0. The van der Waals surface area contributed by atoms with Gasteiger partial charge in [-0.3, -0.25) is 9.69 Å². The lowest BCUT2D eigenvalue weighted by Crippen LogP contribution is -2.39. The van der Waals surface area contributed by atoms with Crippen molar-refractivity contribution in [2.45, 2.75) is 53.5 Å². The van der Waals surface area contributed by atoms with Gasteiger partial charge in [0.2, 0.25) is 5.91 Å². The molecule has 158 valence electrons. The van der Waals surface area contributed by atoms with Gasteiger partial charge in [-0.1, -0.05) is 51.4 Å². The molecule has 28 heavy (non-hydrogen) atoms. The number of halogens is 1. The van der Waals surface area contributed by atoms with Gasteiger partial charge in [-0.05, 0) is 41.9 Å². The standard InChI is InChI=1S/C23H37ClN2O2/c1-19(17-23(2,3)4)16-22(27)26(18-20-6-8-21(24)9-7-20)11-5-10-25-12-14-28-15-13-25/h6-9,19H,5,10-18H2,1-4H3. The molecule has 0 spiro atoms. The normalized spacial score (nSPS) is 16.8. The molecule has 0 N–H and O–H groups in total. The number of carbonyl (C=O) groups is 1. The molecule has 1 unspecified atom stereocenters. The van der Waals surface area contributed by atoms with Crippen molar-refractivity contribution in [3.63, 3.8) is 0 Å². The second-order valence-electron chi connectivity index (χ2n) is 9.32. The predicted molar refractivity (Wildman–Crippen MR) is 117 cm³/mol. The van der Waals surface area contributed by atoms with Crippen LogP contribution in [0, 0.1) is 11.3 Å². The van der Waals surface area contributed by atoms with E-state index in [1.807, 2.05) is 29.2 Å². The Morgan fingerprint density at radius 1 is 1.21 bits per heavy atom. The van der Waals surface area contributed by atoms with E-state index >= 15 is 0 Å². The fourth-order valence-electron chi connectivity index (χ4n) is 3.96. The third-order valence-electron chi connectivity index (χ3n) is 5.13. The fourth-order valence-corrected chi connectivity index (χ4v) is 4.08. The van der Waals surface area contributed by atoms with Gasteiger partial charge in [0.15, 0.2) is 0 Å². The monoisotopic (exact) mass is 408 g/mol. The number of ether oxygens (including phenoxy) is 1. The van der Waals surface area contributed by atoms with Crippen molar-refractivity contribution < 1.29 is 9.53 Å². The molecule has 1 aliphatic rings. The zero-order valence-electron chi connectivity index (χ0n) is 18.0. The number of rotatable bonds is 9. The van der Waals surface area contributed by atoms with Crippen LogP contribution in [0.4, 0.5) is 0 Å². The predicted octanol–water partition coefficient (Wildman–Crippen LogP) is 4.85. The molecule has 1 heterocycles. The summed E-state index contributed by atoms with van der Waals surface area (Å²) in [5, 5.41) is 0.729. The van der Waals surface area contributed by atoms with E-state index in [0.29, 0.717) is 18.9 Å². The van der Waals surface area contributed by atoms with Crippen molar-refractivity contribution in [1.29, 1.82) is 0 Å². The summed E-state index contributed by atoms with van der Waals surface area (Å²) < 4.78 is 5.42. The molecule has 1 amide bonds. The molecule has 1 fully saturated rings. The average molecular weight is 409 g/mol. The first-order valence-corrected chi connectivity index (χ1v) is 10.9. The lowest BCUT2D eigenvalue weighted by Gasteiger charge is -2.29. The van der Waals surface area contributed by atoms with Crippen LogP contribution in [0.1, 0.15) is 52.5 Å². The molecule has 4 nitrogen and oxygen atoms in total. The van der Waals surface area contributed by atoms with Gasteiger partial charge < -0.3 is 9.64 Å². The van der Waals surface area contributed by atoms with Crippen LogP contribution < -0.4 is 0 Å². The van der Waals surface area contributed by atoms with Crippen LogP contribution >= 0.6 is 11.6 Å². The van der Waals surface area contributed by atoms with Crippen LogP contribution in [-0.4, -0.2) is 55.1 Å². The van der Waals surface area contributed by atoms with Gasteiger partial charge in [-0.15, -0.1) is 0 Å². The number of nitrogens with zero attached hydrogens (tertiary/aromatic N) is 2. The van der Waals surface area contributed by atoms with E-state index in [9.17, 15) is 4.79 Å². The largest absolute Gasteiger partial charge is 0.379 e. The Bertz CT molecular complexity index is 592. The second kappa shape index (κ2) is 11.2. The van der Waals surface area contributed by atoms with E-state index < -0.39 is 0 Å². The first-order chi connectivity index (χ1) is 13.2. The first-order valence-electron chi connectivity index (χ1n) is 10.6. The number of carbonyl (C=O) groups excluding carboxylic acids is 1. The van der Waals surface area contributed by atoms with Crippen molar-refractivity contribution in [2.75, 3.05) is 39.4 Å². The highest BCUT2D eigenvalue weighted by molar-refractivity contribution is 6.30. The molecule has 0 bridgehead atoms. The molecule has 0 radical (unpaired) electrons. The van der Waals surface area contributed by atoms with Crippen LogP contribution in [0.25, 0.3) is 0 Å². The van der Waals surface area contributed by atoms with Crippen LogP contribution in [0.3, 0.4) is 0 Å². The van der Waals surface area contributed by atoms with E-state index in [0.717, 1.165) is 62.8 Å². The number of hydrogen-bond acceptors (Lipinski definition) is 3. The smallest absolute Gasteiger partial charge is 0.223 e. The molecule has 0 aromatic heterocycles. The van der Waals surface area contributed by atoms with Crippen molar-refractivity contribution >= 4 is 17.5 Å². The highest BCUT2D eigenvalue weighted by Gasteiger charge is 2.21. The van der Waals surface area contributed by atoms with Crippen molar-refractivity contribution in [2.24, 2.45) is 11.3 Å². The van der Waals surface area contributed by atoms with Gasteiger partial charge in [0.05, 0.1) is 13.2 Å². The van der Waals surface area contributed by atoms with Crippen LogP contribution in [0.5, 0.6) is 0 Å². The average Bonchev–Trinajstić information content (AvgIpc) is 2.61. The van der Waals surface area contributed by atoms with Gasteiger partial charge in [0, 0.05) is 44.2 Å². The van der Waals surface area contributed by atoms with Gasteiger partial charge in [0.25, 0.3) is 0 Å². The lowest BCUT2D eigenvalue weighted by atomic mass is 9.84. The number of amides is 1. The molecule has 0 aliphatic carbocycles. The van der Waals surface area contributed by atoms with Crippen molar-refractivity contribution in [1.82, 2.24) is 9.80 Å². The SMILES string of the molecule is CC(CC(=O)N(CCCN1CCOCC1)Cc1ccc(Cl)cc1)CC(C)(C)C. The molecule has 5 heteroatoms. The number of benzene rings is 1. The Balaban J connectivity index is 1.93. The molecule has 1 atom stereocenters. The maximum Gasteiger partial charge on any atom is 0.223 e. The summed E-state index contributed by atoms with van der Waals surface area (Å²) >= 11 is 6.01. The van der Waals surface area contributed by atoms with E-state index in [-0.39, 0.29) is 11.3 Å². The minimum Gasteiger partial charge on any atom is -0.379 e. The van der Waals surface area contributed by atoms with E-state index in [1.54, 1.807) is 0 Å². The van der Waals surface area contributed by atoms with Gasteiger partial charge >= 0.3 is 0 Å². The highest BCUT2D eigenvalue weighted by Crippen LogP contribution is 2.26. The molecule has 1 aromatic rings. The Kier molecular flexibility index (Phi) is 9.26. The van der Waals surface area contributed by atoms with Gasteiger partial charge in [0.1, 0.15) is 0 Å². The molecule has 0 saturated carbocycles. The number of hydrogen-bond donors (Lipinski definition) is 0. The third kappa shape index (κ3) is 8.93. The summed E-state index contributed by atoms with van der Waals surface area (Å²) in [6.45, 7) is 15.0. The molecular formula is C23H37ClN2O2. The van der Waals surface area contributed by atoms with Gasteiger partial charge in [-0.25, -0.2) is 0 Å². The molecular weight excluding hydrogens is 372 g/mol. The maximum atomic E-state index is 13.1. The summed E-state index contributed by atoms with van der Waals surface area (Å²) in [5.74, 6) is 0.646. The Labute approximate surface area is 176 Å². The van der Waals surface area contributed by atoms with E-state index in [4.69, 9.17) is 16.3 Å². The van der Waals surface area contributed by atoms with Gasteiger partial charge in [-0.2, -0.15) is 0 Å². The minimum atomic E-state index is 0.247. The highest BCUT2D eigenvalue weighted by atomic mass is 35.5. The Morgan fingerprint density at radius 2 is 1.86 bits per heavy atom. The van der Waals surface area contributed by atoms with Crippen molar-refractivity contribution in [3.8, 4) is 0 Å². The summed E-state index contributed by atoms with van der Waals surface area (Å²) in [4.78, 5) is 17.5. The Hall–Kier alpha value is -1.10. The van der Waals surface area contributed by atoms with Crippen molar-refractivity contribution in [3.05, 3.63) is 34.9 Å². The number of morpholine rings is 1. The van der Waals surface area contributed by atoms with Crippen LogP contribution in [0.15, 0.2) is 24.3 Å². The minimum absolute atomic E-state index is 0.247. The van der Waals surface area contributed by atoms with Crippen LogP contribution in [0.2, 0.25) is 5.02 Å². The summed E-state index contributed by atoms with van der Waals surface area (Å²) in [6.07, 6.45) is 2.66. The summed E-state index contributed by atoms with van der Waals surface area (Å²) in [6, 6.07) is 7.83. The lowest BCUT2D eigenvalue weighted by molar-refractivity contribution is -0.133. The van der Waals surface area contributed by atoms with E-state index in [1.165, 1.54) is 0 Å². The van der Waals surface area contributed by atoms with Crippen LogP contribution in [-0.2, 0) is 16.1 Å². The Morgan fingerprint density at radius 3 is 2.46 bits per heavy atom. The summed E-state index contributed by atoms with van der Waals surface area (Å²) in [5.41, 5.74) is 1.38. The fraction of sp³-hybridized carbons (Fsp3) is 0.696. The third-order valence-corrected chi connectivity index (χ3v) is 5.38. The molecule has 1 aromatic carbocycles. The maximum absolute atomic E-state index is 13.1. The zero-order chi connectivity index (χ0) is 20.6. The molecule has 1 aliphatic heterocycles. The van der Waals surface area contributed by atoms with E-state index in [2.05, 4.69) is 32.6 Å². The zero-order valence-corrected chi connectivity index (χ0v) is 18.8. The quantitative estimate of drug-likeness (QED) is 0.585. The second-order valence-corrected chi connectivity index (χ2v) is 9.76. The molecule has 2 rings (SSSR count). The first kappa shape index (κ1) is 23.2.